The van der Waals surface area contributed by atoms with Gasteiger partial charge in [-0.15, -0.1) is 13.2 Å². The summed E-state index contributed by atoms with van der Waals surface area (Å²) < 4.78 is 40.5. The highest BCUT2D eigenvalue weighted by atomic mass is 35.5. The number of nitriles is 1. The van der Waals surface area contributed by atoms with Gasteiger partial charge in [0.25, 0.3) is 5.91 Å². The molecule has 1 amide bonds. The molecular weight excluding hydrogens is 455 g/mol. The lowest BCUT2D eigenvalue weighted by molar-refractivity contribution is -0.274. The van der Waals surface area contributed by atoms with Crippen LogP contribution in [0.15, 0.2) is 36.4 Å². The van der Waals surface area contributed by atoms with Crippen molar-refractivity contribution in [1.29, 1.82) is 5.26 Å². The summed E-state index contributed by atoms with van der Waals surface area (Å²) in [5, 5.41) is 31.5. The molecule has 0 spiro atoms. The summed E-state index contributed by atoms with van der Waals surface area (Å²) in [4.78, 5) is 24.8. The van der Waals surface area contributed by atoms with Gasteiger partial charge in [-0.25, -0.2) is 0 Å². The fourth-order valence-corrected chi connectivity index (χ4v) is 2.98. The second kappa shape index (κ2) is 8.35. The molecule has 0 saturated heterocycles. The molecule has 0 saturated carbocycles. The molecule has 0 aliphatic rings. The molecule has 2 aromatic carbocycles. The van der Waals surface area contributed by atoms with Gasteiger partial charge in [-0.1, -0.05) is 11.6 Å². The minimum atomic E-state index is -4.87. The molecule has 1 heterocycles. The Morgan fingerprint density at radius 2 is 1.91 bits per heavy atom. The van der Waals surface area contributed by atoms with Crippen LogP contribution in [0, 0.1) is 11.3 Å². The van der Waals surface area contributed by atoms with Gasteiger partial charge >= 0.3 is 6.36 Å². The molecule has 0 radical (unpaired) electrons. The number of hydrogen-bond donors (Lipinski definition) is 1. The van der Waals surface area contributed by atoms with Gasteiger partial charge in [0.1, 0.15) is 22.3 Å². The fraction of sp³-hybridized carbons (Fsp3) is 0.211. The van der Waals surface area contributed by atoms with Gasteiger partial charge in [0.2, 0.25) is 0 Å². The Morgan fingerprint density at radius 3 is 2.47 bits per heavy atom. The average molecular weight is 467 g/mol. The number of carbonyl (C=O) groups excluding carboxylic acids is 2. The second-order valence-corrected chi connectivity index (χ2v) is 7.25. The summed E-state index contributed by atoms with van der Waals surface area (Å²) in [7, 11) is 0. The van der Waals surface area contributed by atoms with Crippen molar-refractivity contribution in [3.63, 3.8) is 0 Å². The largest absolute Gasteiger partial charge is 0.573 e. The van der Waals surface area contributed by atoms with Gasteiger partial charge in [-0.05, 0) is 43.3 Å². The minimum Gasteiger partial charge on any atom is -0.545 e. The molecule has 0 fully saturated rings. The van der Waals surface area contributed by atoms with E-state index in [4.69, 9.17) is 11.6 Å². The molecule has 32 heavy (non-hydrogen) atoms. The lowest BCUT2D eigenvalue weighted by Gasteiger charge is -2.22. The summed E-state index contributed by atoms with van der Waals surface area (Å²) in [6, 6.07) is 8.54. The summed E-state index contributed by atoms with van der Waals surface area (Å²) in [6.45, 7) is 1.09. The van der Waals surface area contributed by atoms with Crippen LogP contribution in [0.3, 0.4) is 0 Å². The normalized spacial score (nSPS) is 13.2. The van der Waals surface area contributed by atoms with Crippen LogP contribution in [0.4, 0.5) is 13.2 Å². The molecule has 166 valence electrons. The maximum absolute atomic E-state index is 12.5. The van der Waals surface area contributed by atoms with Crippen molar-refractivity contribution in [3.05, 3.63) is 52.5 Å². The molecule has 1 atom stereocenters. The van der Waals surface area contributed by atoms with E-state index < -0.39 is 29.5 Å². The van der Waals surface area contributed by atoms with E-state index in [-0.39, 0.29) is 33.7 Å². The molecule has 0 bridgehead atoms. The summed E-state index contributed by atoms with van der Waals surface area (Å²) >= 11 is 5.87. The number of ether oxygens (including phenoxy) is 1. The Bertz CT molecular complexity index is 1240. The van der Waals surface area contributed by atoms with Gasteiger partial charge in [-0.2, -0.15) is 20.3 Å². The first-order chi connectivity index (χ1) is 14.9. The number of fused-ring (bicyclic) bond motifs is 1. The van der Waals surface area contributed by atoms with Crippen LogP contribution in [-0.2, 0) is 6.54 Å². The van der Waals surface area contributed by atoms with Crippen molar-refractivity contribution >= 4 is 34.5 Å². The third-order valence-corrected chi connectivity index (χ3v) is 4.38. The lowest BCUT2D eigenvalue weighted by atomic mass is 10.0. The van der Waals surface area contributed by atoms with Crippen molar-refractivity contribution in [1.82, 2.24) is 20.3 Å². The molecule has 9 nitrogen and oxygen atoms in total. The smallest absolute Gasteiger partial charge is 0.545 e. The van der Waals surface area contributed by atoms with Crippen molar-refractivity contribution < 1.29 is 32.6 Å². The molecule has 3 aromatic rings. The zero-order chi connectivity index (χ0) is 23.7. The van der Waals surface area contributed by atoms with Crippen LogP contribution in [0.1, 0.15) is 27.6 Å². The standard InChI is InChI=1S/C19H13ClF3N5O4/c1-18(8-24,25-16(29)10-2-4-12(5-3-10)32-19(21,22)23)9-28-26-14-7-11(20)6-13(17(30)31)15(14)27-28/h2-7H,9H2,1H3,(H,25,29)(H,30,31)/p-1. The number of nitrogens with zero attached hydrogens (tertiary/aromatic N) is 4. The zero-order valence-electron chi connectivity index (χ0n) is 16.1. The van der Waals surface area contributed by atoms with E-state index in [1.165, 1.54) is 13.0 Å². The predicted octanol–water partition coefficient (Wildman–Crippen LogP) is 2.06. The molecule has 1 unspecified atom stereocenters. The predicted molar refractivity (Wildman–Crippen MR) is 101 cm³/mol. The maximum Gasteiger partial charge on any atom is 0.573 e. The molecule has 0 aliphatic heterocycles. The van der Waals surface area contributed by atoms with Gasteiger partial charge in [0.05, 0.1) is 18.6 Å². The van der Waals surface area contributed by atoms with Gasteiger partial charge in [0.15, 0.2) is 0 Å². The number of hydrogen-bond acceptors (Lipinski definition) is 7. The van der Waals surface area contributed by atoms with E-state index in [2.05, 4.69) is 20.3 Å². The van der Waals surface area contributed by atoms with Crippen molar-refractivity contribution in [2.45, 2.75) is 25.4 Å². The molecule has 13 heteroatoms. The Balaban J connectivity index is 1.80. The third kappa shape index (κ3) is 5.25. The third-order valence-electron chi connectivity index (χ3n) is 4.16. The van der Waals surface area contributed by atoms with Crippen LogP contribution >= 0.6 is 11.6 Å². The molecule has 0 aliphatic carbocycles. The number of amides is 1. The first-order valence-electron chi connectivity index (χ1n) is 8.74. The average Bonchev–Trinajstić information content (AvgIpc) is 3.07. The molecular formula is C19H12ClF3N5O4-. The monoisotopic (exact) mass is 466 g/mol. The number of aromatic nitrogens is 3. The number of aromatic carboxylic acids is 1. The van der Waals surface area contributed by atoms with Crippen LogP contribution in [0.25, 0.3) is 11.0 Å². The van der Waals surface area contributed by atoms with Gasteiger partial charge < -0.3 is 20.0 Å². The quantitative estimate of drug-likeness (QED) is 0.587. The summed E-state index contributed by atoms with van der Waals surface area (Å²) in [5.74, 6) is -2.77. The number of benzene rings is 2. The van der Waals surface area contributed by atoms with E-state index in [0.717, 1.165) is 35.1 Å². The molecule has 3 rings (SSSR count). The SMILES string of the molecule is CC(C#N)(Cn1nc2cc(Cl)cc(C(=O)[O-])c2n1)NC(=O)c1ccc(OC(F)(F)F)cc1. The number of halogens is 4. The fourth-order valence-electron chi connectivity index (χ4n) is 2.77. The lowest BCUT2D eigenvalue weighted by Crippen LogP contribution is -2.48. The Hall–Kier alpha value is -3.85. The van der Waals surface area contributed by atoms with E-state index >= 15 is 0 Å². The number of carboxylic acids is 1. The highest BCUT2D eigenvalue weighted by molar-refractivity contribution is 6.31. The Kier molecular flexibility index (Phi) is 5.96. The van der Waals surface area contributed by atoms with Crippen LogP contribution in [-0.4, -0.2) is 38.8 Å². The number of nitrogens with one attached hydrogen (secondary N) is 1. The Morgan fingerprint density at radius 1 is 1.25 bits per heavy atom. The molecule has 1 aromatic heterocycles. The van der Waals surface area contributed by atoms with E-state index in [9.17, 15) is 33.1 Å². The number of carboxylic acid groups (broad SMARTS) is 1. The number of rotatable bonds is 6. The summed E-state index contributed by atoms with van der Waals surface area (Å²) in [5.41, 5.74) is -1.74. The van der Waals surface area contributed by atoms with Gasteiger partial charge in [-0.3, -0.25) is 4.79 Å². The van der Waals surface area contributed by atoms with E-state index in [1.54, 1.807) is 0 Å². The zero-order valence-corrected chi connectivity index (χ0v) is 16.9. The minimum absolute atomic E-state index is 0.0127. The van der Waals surface area contributed by atoms with Crippen molar-refractivity contribution in [3.8, 4) is 11.8 Å². The van der Waals surface area contributed by atoms with Crippen LogP contribution in [0.2, 0.25) is 5.02 Å². The number of alkyl halides is 3. The second-order valence-electron chi connectivity index (χ2n) is 6.81. The topological polar surface area (TPSA) is 133 Å². The highest BCUT2D eigenvalue weighted by Crippen LogP contribution is 2.24. The van der Waals surface area contributed by atoms with Crippen molar-refractivity contribution in [2.75, 3.05) is 0 Å². The van der Waals surface area contributed by atoms with Crippen molar-refractivity contribution in [2.24, 2.45) is 0 Å². The molecule has 1 N–H and O–H groups in total. The van der Waals surface area contributed by atoms with Gasteiger partial charge in [0, 0.05) is 16.1 Å². The van der Waals surface area contributed by atoms with E-state index in [0.29, 0.717) is 0 Å². The first-order valence-corrected chi connectivity index (χ1v) is 9.12. The summed E-state index contributed by atoms with van der Waals surface area (Å²) in [6.07, 6.45) is -4.87. The highest BCUT2D eigenvalue weighted by Gasteiger charge is 2.32. The number of carbonyl (C=O) groups is 2. The van der Waals surface area contributed by atoms with Crippen LogP contribution < -0.4 is 15.2 Å². The first kappa shape index (κ1) is 22.8. The van der Waals surface area contributed by atoms with E-state index in [1.807, 2.05) is 6.07 Å². The Labute approximate surface area is 182 Å². The maximum atomic E-state index is 12.5. The van der Waals surface area contributed by atoms with Crippen LogP contribution in [0.5, 0.6) is 5.75 Å².